The van der Waals surface area contributed by atoms with E-state index in [1.165, 1.54) is 0 Å². The van der Waals surface area contributed by atoms with Gasteiger partial charge < -0.3 is 29.9 Å². The van der Waals surface area contributed by atoms with Gasteiger partial charge in [0.15, 0.2) is 0 Å². The second-order valence-corrected chi connectivity index (χ2v) is 10.6. The van der Waals surface area contributed by atoms with Crippen molar-refractivity contribution in [2.75, 3.05) is 0 Å². The van der Waals surface area contributed by atoms with E-state index in [1.54, 1.807) is 6.92 Å². The third kappa shape index (κ3) is 4.20. The second kappa shape index (κ2) is 8.75. The summed E-state index contributed by atoms with van der Waals surface area (Å²) in [4.78, 5) is 12.5. The number of rotatable bonds is 4. The fourth-order valence-corrected chi connectivity index (χ4v) is 6.34. The molecule has 178 valence electrons. The first-order valence-corrected chi connectivity index (χ1v) is 11.7. The molecule has 2 saturated heterocycles. The van der Waals surface area contributed by atoms with E-state index in [-0.39, 0.29) is 30.1 Å². The first kappa shape index (κ1) is 24.6. The average Bonchev–Trinajstić information content (AvgIpc) is 3.05. The number of esters is 1. The van der Waals surface area contributed by atoms with Crippen molar-refractivity contribution in [2.45, 2.75) is 108 Å². The highest BCUT2D eigenvalue weighted by atomic mass is 16.6. The predicted octanol–water partition coefficient (Wildman–Crippen LogP) is 1.95. The van der Waals surface area contributed by atoms with Crippen LogP contribution in [0.1, 0.15) is 66.7 Å². The monoisotopic (exact) mass is 440 g/mol. The van der Waals surface area contributed by atoms with Crippen LogP contribution in [0.15, 0.2) is 12.2 Å². The van der Waals surface area contributed by atoms with E-state index in [0.29, 0.717) is 31.3 Å². The lowest BCUT2D eigenvalue weighted by atomic mass is 9.55. The van der Waals surface area contributed by atoms with E-state index < -0.39 is 47.6 Å². The Morgan fingerprint density at radius 3 is 2.52 bits per heavy atom. The summed E-state index contributed by atoms with van der Waals surface area (Å²) >= 11 is 0. The summed E-state index contributed by atoms with van der Waals surface area (Å²) in [5.41, 5.74) is -2.04. The number of carbonyl (C=O) groups excluding carboxylic acids is 1. The van der Waals surface area contributed by atoms with Crippen molar-refractivity contribution in [3.63, 3.8) is 0 Å². The maximum absolute atomic E-state index is 12.5. The molecule has 2 bridgehead atoms. The molecule has 1 aliphatic carbocycles. The van der Waals surface area contributed by atoms with Crippen LogP contribution in [-0.4, -0.2) is 68.1 Å². The van der Waals surface area contributed by atoms with Crippen molar-refractivity contribution >= 4 is 5.97 Å². The summed E-state index contributed by atoms with van der Waals surface area (Å²) in [5, 5.41) is 43.8. The molecule has 3 rings (SSSR count). The summed E-state index contributed by atoms with van der Waals surface area (Å²) in [5.74, 6) is -1.51. The van der Waals surface area contributed by atoms with Gasteiger partial charge in [-0.2, -0.15) is 0 Å². The number of aliphatic hydroxyl groups is 4. The van der Waals surface area contributed by atoms with Crippen LogP contribution in [0.5, 0.6) is 0 Å². The van der Waals surface area contributed by atoms with Crippen LogP contribution >= 0.6 is 0 Å². The number of hydrogen-bond donors (Lipinski definition) is 4. The zero-order chi connectivity index (χ0) is 23.3. The molecule has 3 fully saturated rings. The second-order valence-electron chi connectivity index (χ2n) is 10.6. The minimum absolute atomic E-state index is 0.00502. The van der Waals surface area contributed by atoms with Gasteiger partial charge in [0.05, 0.1) is 23.9 Å². The van der Waals surface area contributed by atoms with Gasteiger partial charge in [-0.3, -0.25) is 4.79 Å². The SMILES string of the molecule is C=C1C[C@H]2O[C@H]([C@@H]3[C@@H](C(C)C)[C@H](O)[C@@H](O)[C@@](C)(O)[C@@H]32)[C@](C)(OC(=O)CCC)CC[C@@H]1O. The molecule has 1 saturated carbocycles. The van der Waals surface area contributed by atoms with Gasteiger partial charge in [-0.15, -0.1) is 0 Å². The van der Waals surface area contributed by atoms with Crippen LogP contribution < -0.4 is 0 Å². The molecule has 0 radical (unpaired) electrons. The third-order valence-electron chi connectivity index (χ3n) is 7.94. The van der Waals surface area contributed by atoms with Crippen molar-refractivity contribution in [1.29, 1.82) is 0 Å². The molecule has 2 heterocycles. The Balaban J connectivity index is 2.12. The summed E-state index contributed by atoms with van der Waals surface area (Å²) in [6.45, 7) is 13.3. The molecule has 0 unspecified atom stereocenters. The van der Waals surface area contributed by atoms with Crippen LogP contribution in [0.3, 0.4) is 0 Å². The fourth-order valence-electron chi connectivity index (χ4n) is 6.34. The molecule has 7 nitrogen and oxygen atoms in total. The molecule has 0 aromatic rings. The zero-order valence-corrected chi connectivity index (χ0v) is 19.5. The molecule has 31 heavy (non-hydrogen) atoms. The van der Waals surface area contributed by atoms with Gasteiger partial charge in [0.25, 0.3) is 0 Å². The van der Waals surface area contributed by atoms with Gasteiger partial charge in [0.1, 0.15) is 17.8 Å². The van der Waals surface area contributed by atoms with E-state index in [9.17, 15) is 25.2 Å². The summed E-state index contributed by atoms with van der Waals surface area (Å²) < 4.78 is 12.5. The number of fused-ring (bicyclic) bond motifs is 5. The van der Waals surface area contributed by atoms with Crippen molar-refractivity contribution in [3.8, 4) is 0 Å². The Morgan fingerprint density at radius 1 is 1.29 bits per heavy atom. The van der Waals surface area contributed by atoms with Crippen LogP contribution in [0.25, 0.3) is 0 Å². The first-order chi connectivity index (χ1) is 14.3. The van der Waals surface area contributed by atoms with Crippen molar-refractivity contribution in [1.82, 2.24) is 0 Å². The molecule has 0 aromatic heterocycles. The quantitative estimate of drug-likeness (QED) is 0.390. The van der Waals surface area contributed by atoms with Crippen LogP contribution in [0.2, 0.25) is 0 Å². The Kier molecular flexibility index (Phi) is 6.95. The van der Waals surface area contributed by atoms with Crippen molar-refractivity contribution in [2.24, 2.45) is 23.7 Å². The third-order valence-corrected chi connectivity index (χ3v) is 7.94. The van der Waals surface area contributed by atoms with E-state index in [2.05, 4.69) is 6.58 Å². The highest BCUT2D eigenvalue weighted by Crippen LogP contribution is 2.57. The molecule has 0 spiro atoms. The van der Waals surface area contributed by atoms with Gasteiger partial charge in [-0.1, -0.05) is 27.4 Å². The molecular weight excluding hydrogens is 400 g/mol. The van der Waals surface area contributed by atoms with E-state index in [4.69, 9.17) is 9.47 Å². The maximum Gasteiger partial charge on any atom is 0.306 e. The summed E-state index contributed by atoms with van der Waals surface area (Å²) in [6, 6.07) is 0. The van der Waals surface area contributed by atoms with Crippen LogP contribution in [0, 0.1) is 23.7 Å². The average molecular weight is 441 g/mol. The fraction of sp³-hybridized carbons (Fsp3) is 0.875. The molecule has 0 aromatic carbocycles. The van der Waals surface area contributed by atoms with Crippen molar-refractivity contribution < 1.29 is 34.7 Å². The lowest BCUT2D eigenvalue weighted by molar-refractivity contribution is -0.221. The number of carbonyl (C=O) groups is 1. The number of aliphatic hydroxyl groups excluding tert-OH is 3. The van der Waals surface area contributed by atoms with Gasteiger partial charge in [0, 0.05) is 18.3 Å². The largest absolute Gasteiger partial charge is 0.457 e. The Hall–Kier alpha value is -0.990. The van der Waals surface area contributed by atoms with Gasteiger partial charge in [-0.05, 0) is 56.9 Å². The lowest BCUT2D eigenvalue weighted by Crippen LogP contribution is -2.66. The Morgan fingerprint density at radius 2 is 1.94 bits per heavy atom. The highest BCUT2D eigenvalue weighted by Gasteiger charge is 2.67. The molecule has 3 aliphatic rings. The standard InChI is InChI=1S/C24H40O7/c1-7-8-16(26)31-23(5)10-9-14(25)13(4)11-15-19-18(22(23)30-15)17(12(2)3)20(27)21(28)24(19,6)29/h12,14-15,17-22,25,27-29H,4,7-11H2,1-3,5-6H3/t14-,15+,17+,18+,19+,20-,21+,22+,23+,24-/m0/s1. The van der Waals surface area contributed by atoms with Crippen LogP contribution in [-0.2, 0) is 14.3 Å². The topological polar surface area (TPSA) is 116 Å². The normalized spacial score (nSPS) is 48.0. The molecule has 4 N–H and O–H groups in total. The smallest absolute Gasteiger partial charge is 0.306 e. The Bertz CT molecular complexity index is 689. The minimum Gasteiger partial charge on any atom is -0.457 e. The molecule has 7 heteroatoms. The summed E-state index contributed by atoms with van der Waals surface area (Å²) in [6.07, 6.45) is -2.31. The van der Waals surface area contributed by atoms with Crippen molar-refractivity contribution in [3.05, 3.63) is 12.2 Å². The molecule has 0 amide bonds. The Labute approximate surface area is 185 Å². The van der Waals surface area contributed by atoms with Gasteiger partial charge in [-0.25, -0.2) is 0 Å². The zero-order valence-electron chi connectivity index (χ0n) is 19.5. The highest BCUT2D eigenvalue weighted by molar-refractivity contribution is 5.69. The van der Waals surface area contributed by atoms with E-state index in [1.807, 2.05) is 27.7 Å². The lowest BCUT2D eigenvalue weighted by Gasteiger charge is -2.53. The van der Waals surface area contributed by atoms with E-state index >= 15 is 0 Å². The number of hydrogen-bond acceptors (Lipinski definition) is 7. The predicted molar refractivity (Wildman–Crippen MR) is 115 cm³/mol. The molecular formula is C24H40O7. The molecule has 10 atom stereocenters. The first-order valence-electron chi connectivity index (χ1n) is 11.7. The minimum atomic E-state index is -1.60. The molecule has 2 aliphatic heterocycles. The number of ether oxygens (including phenoxy) is 2. The van der Waals surface area contributed by atoms with Crippen LogP contribution in [0.4, 0.5) is 0 Å². The van der Waals surface area contributed by atoms with Gasteiger partial charge in [0.2, 0.25) is 0 Å². The van der Waals surface area contributed by atoms with E-state index in [0.717, 1.165) is 0 Å². The van der Waals surface area contributed by atoms with Gasteiger partial charge >= 0.3 is 5.97 Å². The summed E-state index contributed by atoms with van der Waals surface area (Å²) in [7, 11) is 0. The maximum atomic E-state index is 12.5.